The fraction of sp³-hybridized carbons (Fsp3) is 0.368. The number of ether oxygens (including phenoxy) is 2. The quantitative estimate of drug-likeness (QED) is 0.702. The standard InChI is InChI=1S/C19H21N5O3/c1-4-23(10-14-11-26-15-7-5-6-8-16(15)27-14)18(25)17-21-19-20-12(2)9-13(3)24(19)22-17/h5-9,14H,4,10-11H2,1-3H3. The highest BCUT2D eigenvalue weighted by Gasteiger charge is 2.27. The minimum Gasteiger partial charge on any atom is -0.486 e. The van der Waals surface area contributed by atoms with Crippen LogP contribution in [0.3, 0.4) is 0 Å². The van der Waals surface area contributed by atoms with E-state index in [1.54, 1.807) is 9.42 Å². The summed E-state index contributed by atoms with van der Waals surface area (Å²) in [7, 11) is 0. The maximum atomic E-state index is 12.9. The summed E-state index contributed by atoms with van der Waals surface area (Å²) in [4.78, 5) is 23.2. The monoisotopic (exact) mass is 367 g/mol. The third-order valence-electron chi connectivity index (χ3n) is 4.47. The van der Waals surface area contributed by atoms with Crippen molar-refractivity contribution in [1.29, 1.82) is 0 Å². The van der Waals surface area contributed by atoms with Crippen molar-refractivity contribution >= 4 is 11.7 Å². The van der Waals surface area contributed by atoms with E-state index in [2.05, 4.69) is 15.1 Å². The molecule has 0 aliphatic carbocycles. The summed E-state index contributed by atoms with van der Waals surface area (Å²) >= 11 is 0. The molecule has 0 saturated carbocycles. The number of carbonyl (C=O) groups excluding carboxylic acids is 1. The topological polar surface area (TPSA) is 81.9 Å². The van der Waals surface area contributed by atoms with Gasteiger partial charge in [-0.05, 0) is 39.0 Å². The van der Waals surface area contributed by atoms with E-state index in [4.69, 9.17) is 9.47 Å². The lowest BCUT2D eigenvalue weighted by Crippen LogP contribution is -2.43. The Balaban J connectivity index is 1.53. The maximum Gasteiger partial charge on any atom is 0.293 e. The SMILES string of the molecule is CCN(CC1COc2ccccc2O1)C(=O)c1nc2nc(C)cc(C)n2n1. The summed E-state index contributed by atoms with van der Waals surface area (Å²) in [5, 5.41) is 4.33. The number of nitrogens with zero attached hydrogens (tertiary/aromatic N) is 5. The van der Waals surface area contributed by atoms with E-state index < -0.39 is 0 Å². The Hall–Kier alpha value is -3.16. The van der Waals surface area contributed by atoms with E-state index in [-0.39, 0.29) is 17.8 Å². The minimum atomic E-state index is -0.248. The summed E-state index contributed by atoms with van der Waals surface area (Å²) < 4.78 is 13.3. The summed E-state index contributed by atoms with van der Waals surface area (Å²) in [6, 6.07) is 9.42. The van der Waals surface area contributed by atoms with Crippen LogP contribution in [-0.2, 0) is 0 Å². The Morgan fingerprint density at radius 2 is 2.04 bits per heavy atom. The molecule has 0 radical (unpaired) electrons. The van der Waals surface area contributed by atoms with Gasteiger partial charge in [-0.3, -0.25) is 4.79 Å². The van der Waals surface area contributed by atoms with Crippen LogP contribution in [0.15, 0.2) is 30.3 Å². The van der Waals surface area contributed by atoms with Crippen LogP contribution in [0.4, 0.5) is 0 Å². The van der Waals surface area contributed by atoms with Gasteiger partial charge in [0.25, 0.3) is 11.7 Å². The summed E-state index contributed by atoms with van der Waals surface area (Å²) in [6.07, 6.45) is -0.247. The normalized spacial score (nSPS) is 15.7. The third kappa shape index (κ3) is 3.30. The van der Waals surface area contributed by atoms with Crippen LogP contribution < -0.4 is 9.47 Å². The van der Waals surface area contributed by atoms with Crippen molar-refractivity contribution in [3.63, 3.8) is 0 Å². The molecule has 0 bridgehead atoms. The number of benzene rings is 1. The van der Waals surface area contributed by atoms with Crippen molar-refractivity contribution < 1.29 is 14.3 Å². The highest BCUT2D eigenvalue weighted by molar-refractivity contribution is 5.90. The number of aromatic nitrogens is 4. The van der Waals surface area contributed by atoms with Gasteiger partial charge in [0.2, 0.25) is 5.82 Å². The van der Waals surface area contributed by atoms with Crippen molar-refractivity contribution in [1.82, 2.24) is 24.5 Å². The average Bonchev–Trinajstić information content (AvgIpc) is 3.10. The molecule has 3 heterocycles. The molecule has 27 heavy (non-hydrogen) atoms. The number of likely N-dealkylation sites (N-methyl/N-ethyl adjacent to an activating group) is 1. The van der Waals surface area contributed by atoms with Gasteiger partial charge in [-0.1, -0.05) is 12.1 Å². The van der Waals surface area contributed by atoms with Crippen molar-refractivity contribution in [2.75, 3.05) is 19.7 Å². The molecule has 1 atom stereocenters. The van der Waals surface area contributed by atoms with Gasteiger partial charge < -0.3 is 14.4 Å². The number of carbonyl (C=O) groups is 1. The molecule has 0 fully saturated rings. The first-order valence-corrected chi connectivity index (χ1v) is 8.94. The lowest BCUT2D eigenvalue weighted by atomic mass is 10.2. The molecule has 3 aromatic rings. The number of hydrogen-bond donors (Lipinski definition) is 0. The molecule has 1 aliphatic heterocycles. The Bertz CT molecular complexity index is 1000. The molecular weight excluding hydrogens is 346 g/mol. The van der Waals surface area contributed by atoms with E-state index in [0.29, 0.717) is 31.2 Å². The maximum absolute atomic E-state index is 12.9. The Labute approximate surface area is 156 Å². The molecular formula is C19H21N5O3. The largest absolute Gasteiger partial charge is 0.486 e. The number of fused-ring (bicyclic) bond motifs is 2. The molecule has 1 unspecified atom stereocenters. The molecule has 1 aromatic carbocycles. The molecule has 8 heteroatoms. The molecule has 4 rings (SSSR count). The van der Waals surface area contributed by atoms with Gasteiger partial charge in [0, 0.05) is 17.9 Å². The molecule has 8 nitrogen and oxygen atoms in total. The molecule has 1 aliphatic rings. The van der Waals surface area contributed by atoms with Gasteiger partial charge in [0.05, 0.1) is 6.54 Å². The van der Waals surface area contributed by atoms with Crippen LogP contribution in [0, 0.1) is 13.8 Å². The first kappa shape index (κ1) is 17.3. The van der Waals surface area contributed by atoms with Crippen LogP contribution in [-0.4, -0.2) is 56.2 Å². The summed E-state index contributed by atoms with van der Waals surface area (Å²) in [5.41, 5.74) is 1.72. The van der Waals surface area contributed by atoms with Gasteiger partial charge >= 0.3 is 0 Å². The smallest absolute Gasteiger partial charge is 0.293 e. The van der Waals surface area contributed by atoms with E-state index >= 15 is 0 Å². The van der Waals surface area contributed by atoms with Crippen LogP contribution in [0.2, 0.25) is 0 Å². The molecule has 0 saturated heterocycles. The second kappa shape index (κ2) is 6.86. The van der Waals surface area contributed by atoms with Crippen molar-refractivity contribution in [2.24, 2.45) is 0 Å². The third-order valence-corrected chi connectivity index (χ3v) is 4.47. The van der Waals surface area contributed by atoms with Crippen LogP contribution in [0.25, 0.3) is 5.78 Å². The van der Waals surface area contributed by atoms with E-state index in [0.717, 1.165) is 17.1 Å². The Kier molecular flexibility index (Phi) is 4.39. The van der Waals surface area contributed by atoms with E-state index in [1.807, 2.05) is 51.1 Å². The van der Waals surface area contributed by atoms with Crippen molar-refractivity contribution in [3.05, 3.63) is 47.5 Å². The average molecular weight is 367 g/mol. The number of hydrogen-bond acceptors (Lipinski definition) is 6. The molecule has 0 spiro atoms. The zero-order valence-electron chi connectivity index (χ0n) is 15.5. The van der Waals surface area contributed by atoms with Gasteiger partial charge in [0.15, 0.2) is 17.6 Å². The number of amides is 1. The number of rotatable bonds is 4. The summed E-state index contributed by atoms with van der Waals surface area (Å²) in [5.74, 6) is 1.73. The molecule has 0 N–H and O–H groups in total. The molecule has 1 amide bonds. The van der Waals surface area contributed by atoms with Crippen molar-refractivity contribution in [2.45, 2.75) is 26.9 Å². The van der Waals surface area contributed by atoms with Crippen LogP contribution >= 0.6 is 0 Å². The summed E-state index contributed by atoms with van der Waals surface area (Å²) in [6.45, 7) is 7.01. The second-order valence-electron chi connectivity index (χ2n) is 6.53. The fourth-order valence-corrected chi connectivity index (χ4v) is 3.15. The Morgan fingerprint density at radius 1 is 1.26 bits per heavy atom. The van der Waals surface area contributed by atoms with Gasteiger partial charge in [-0.15, -0.1) is 5.10 Å². The highest BCUT2D eigenvalue weighted by Crippen LogP contribution is 2.31. The fourth-order valence-electron chi connectivity index (χ4n) is 3.15. The van der Waals surface area contributed by atoms with E-state index in [9.17, 15) is 4.79 Å². The second-order valence-corrected chi connectivity index (χ2v) is 6.53. The molecule has 140 valence electrons. The Morgan fingerprint density at radius 3 is 2.81 bits per heavy atom. The molecule has 2 aromatic heterocycles. The van der Waals surface area contributed by atoms with Gasteiger partial charge in [-0.25, -0.2) is 9.50 Å². The van der Waals surface area contributed by atoms with Crippen LogP contribution in [0.1, 0.15) is 28.9 Å². The highest BCUT2D eigenvalue weighted by atomic mass is 16.6. The number of para-hydroxylation sites is 2. The van der Waals surface area contributed by atoms with Gasteiger partial charge in [0.1, 0.15) is 6.61 Å². The first-order valence-electron chi connectivity index (χ1n) is 8.94. The predicted octanol–water partition coefficient (Wildman–Crippen LogP) is 2.04. The first-order chi connectivity index (χ1) is 13.0. The van der Waals surface area contributed by atoms with E-state index in [1.165, 1.54) is 0 Å². The number of aryl methyl sites for hydroxylation is 2. The lowest BCUT2D eigenvalue weighted by molar-refractivity contribution is 0.0467. The minimum absolute atomic E-state index is 0.134. The zero-order valence-corrected chi connectivity index (χ0v) is 15.5. The van der Waals surface area contributed by atoms with Gasteiger partial charge in [-0.2, -0.15) is 4.98 Å². The predicted molar refractivity (Wildman–Crippen MR) is 98.2 cm³/mol. The lowest BCUT2D eigenvalue weighted by Gasteiger charge is -2.30. The van der Waals surface area contributed by atoms with Crippen molar-refractivity contribution in [3.8, 4) is 11.5 Å². The zero-order chi connectivity index (χ0) is 19.0. The van der Waals surface area contributed by atoms with Crippen LogP contribution in [0.5, 0.6) is 11.5 Å².